The molecule has 6 heteroatoms. The first-order valence-corrected chi connectivity index (χ1v) is 4.90. The van der Waals surface area contributed by atoms with Crippen molar-refractivity contribution in [3.63, 3.8) is 0 Å². The Morgan fingerprint density at radius 3 is 2.75 bits per heavy atom. The number of rotatable bonds is 2. The Kier molecular flexibility index (Phi) is 3.16. The molecule has 1 rings (SSSR count). The molecule has 0 unspecified atom stereocenters. The van der Waals surface area contributed by atoms with E-state index >= 15 is 0 Å². The fourth-order valence-corrected chi connectivity index (χ4v) is 1.87. The average molecular weight is 250 g/mol. The molecule has 0 aliphatic heterocycles. The summed E-state index contributed by atoms with van der Waals surface area (Å²) in [5, 5.41) is 8.48. The fourth-order valence-electron chi connectivity index (χ4n) is 0.611. The lowest BCUT2D eigenvalue weighted by Crippen LogP contribution is -2.22. The van der Waals surface area contributed by atoms with Crippen molar-refractivity contribution in [2.45, 2.75) is 13.5 Å². The van der Waals surface area contributed by atoms with Crippen molar-refractivity contribution < 1.29 is 4.79 Å². The minimum atomic E-state index is 0.0290. The Morgan fingerprint density at radius 2 is 2.33 bits per heavy atom. The summed E-state index contributed by atoms with van der Waals surface area (Å²) in [6.45, 7) is 2.05. The molecule has 66 valence electrons. The molecular weight excluding hydrogens is 242 g/mol. The average Bonchev–Trinajstić information content (AvgIpc) is 2.35. The zero-order valence-electron chi connectivity index (χ0n) is 6.74. The quantitative estimate of drug-likeness (QED) is 0.794. The molecule has 0 N–H and O–H groups in total. The van der Waals surface area contributed by atoms with Crippen LogP contribution >= 0.6 is 27.3 Å². The van der Waals surface area contributed by atoms with Gasteiger partial charge in [0, 0.05) is 14.0 Å². The smallest absolute Gasteiger partial charge is 0.219 e. The molecule has 0 aliphatic rings. The summed E-state index contributed by atoms with van der Waals surface area (Å²) in [7, 11) is 1.73. The van der Waals surface area contributed by atoms with E-state index in [-0.39, 0.29) is 5.91 Å². The second-order valence-corrected chi connectivity index (χ2v) is 4.66. The Morgan fingerprint density at radius 1 is 1.67 bits per heavy atom. The molecule has 12 heavy (non-hydrogen) atoms. The molecule has 0 saturated heterocycles. The third-order valence-electron chi connectivity index (χ3n) is 1.35. The molecule has 0 aromatic carbocycles. The van der Waals surface area contributed by atoms with Crippen molar-refractivity contribution in [1.82, 2.24) is 15.1 Å². The second kappa shape index (κ2) is 3.95. The molecule has 0 aliphatic carbocycles. The van der Waals surface area contributed by atoms with Gasteiger partial charge in [-0.1, -0.05) is 11.3 Å². The summed E-state index contributed by atoms with van der Waals surface area (Å²) in [5.74, 6) is 0.0290. The van der Waals surface area contributed by atoms with Crippen molar-refractivity contribution in [1.29, 1.82) is 0 Å². The molecular formula is C6H8BrN3OS. The van der Waals surface area contributed by atoms with Crippen LogP contribution in [0, 0.1) is 0 Å². The second-order valence-electron chi connectivity index (χ2n) is 2.32. The van der Waals surface area contributed by atoms with Gasteiger partial charge < -0.3 is 4.90 Å². The van der Waals surface area contributed by atoms with Crippen molar-refractivity contribution in [2.24, 2.45) is 0 Å². The number of aromatic nitrogens is 2. The molecule has 1 aromatic heterocycles. The van der Waals surface area contributed by atoms with Gasteiger partial charge in [-0.3, -0.25) is 4.79 Å². The normalized spacial score (nSPS) is 9.92. The minimum absolute atomic E-state index is 0.0290. The van der Waals surface area contributed by atoms with Crippen molar-refractivity contribution in [2.75, 3.05) is 7.05 Å². The predicted molar refractivity (Wildman–Crippen MR) is 49.8 cm³/mol. The van der Waals surface area contributed by atoms with E-state index in [9.17, 15) is 4.79 Å². The maximum atomic E-state index is 10.8. The van der Waals surface area contributed by atoms with Crippen LogP contribution < -0.4 is 0 Å². The van der Waals surface area contributed by atoms with Gasteiger partial charge in [-0.2, -0.15) is 0 Å². The SMILES string of the molecule is CC(=O)N(C)Cc1nnc(Br)s1. The van der Waals surface area contributed by atoms with Crippen LogP contribution in [0.25, 0.3) is 0 Å². The summed E-state index contributed by atoms with van der Waals surface area (Å²) in [6.07, 6.45) is 0. The molecule has 1 aromatic rings. The molecule has 0 atom stereocenters. The van der Waals surface area contributed by atoms with Crippen LogP contribution in [0.1, 0.15) is 11.9 Å². The first-order chi connectivity index (χ1) is 5.59. The third-order valence-corrected chi connectivity index (χ3v) is 2.69. The third kappa shape index (κ3) is 2.53. The van der Waals surface area contributed by atoms with Gasteiger partial charge in [0.1, 0.15) is 5.01 Å². The van der Waals surface area contributed by atoms with E-state index in [0.29, 0.717) is 6.54 Å². The van der Waals surface area contributed by atoms with Crippen molar-refractivity contribution in [3.8, 4) is 0 Å². The predicted octanol–water partition coefficient (Wildman–Crippen LogP) is 1.28. The van der Waals surface area contributed by atoms with Gasteiger partial charge in [0.15, 0.2) is 3.92 Å². The summed E-state index contributed by atoms with van der Waals surface area (Å²) < 4.78 is 0.745. The molecule has 0 bridgehead atoms. The molecule has 4 nitrogen and oxygen atoms in total. The van der Waals surface area contributed by atoms with Gasteiger partial charge in [-0.25, -0.2) is 0 Å². The number of carbonyl (C=O) groups is 1. The van der Waals surface area contributed by atoms with Crippen LogP contribution in [0.2, 0.25) is 0 Å². The molecule has 0 radical (unpaired) electrons. The van der Waals surface area contributed by atoms with E-state index in [0.717, 1.165) is 8.92 Å². The van der Waals surface area contributed by atoms with E-state index in [1.54, 1.807) is 11.9 Å². The van der Waals surface area contributed by atoms with Gasteiger partial charge in [0.25, 0.3) is 0 Å². The molecule has 0 spiro atoms. The van der Waals surface area contributed by atoms with E-state index in [2.05, 4.69) is 26.1 Å². The number of nitrogens with zero attached hydrogens (tertiary/aromatic N) is 3. The van der Waals surface area contributed by atoms with Crippen LogP contribution in [-0.4, -0.2) is 28.1 Å². The Balaban J connectivity index is 2.58. The zero-order chi connectivity index (χ0) is 9.14. The van der Waals surface area contributed by atoms with Crippen LogP contribution in [-0.2, 0) is 11.3 Å². The largest absolute Gasteiger partial charge is 0.339 e. The number of amides is 1. The molecule has 1 amide bonds. The van der Waals surface area contributed by atoms with Crippen LogP contribution in [0.3, 0.4) is 0 Å². The molecule has 0 saturated carbocycles. The summed E-state index contributed by atoms with van der Waals surface area (Å²) in [5.41, 5.74) is 0. The van der Waals surface area contributed by atoms with E-state index in [1.807, 2.05) is 0 Å². The first-order valence-electron chi connectivity index (χ1n) is 3.29. The van der Waals surface area contributed by atoms with E-state index in [1.165, 1.54) is 18.3 Å². The summed E-state index contributed by atoms with van der Waals surface area (Å²) in [4.78, 5) is 12.4. The highest BCUT2D eigenvalue weighted by molar-refractivity contribution is 9.11. The lowest BCUT2D eigenvalue weighted by Gasteiger charge is -2.11. The maximum Gasteiger partial charge on any atom is 0.219 e. The lowest BCUT2D eigenvalue weighted by atomic mass is 10.5. The number of hydrogen-bond acceptors (Lipinski definition) is 4. The summed E-state index contributed by atoms with van der Waals surface area (Å²) in [6, 6.07) is 0. The number of hydrogen-bond donors (Lipinski definition) is 0. The Labute approximate surface area is 82.7 Å². The highest BCUT2D eigenvalue weighted by Gasteiger charge is 2.06. The number of carbonyl (C=O) groups excluding carboxylic acids is 1. The van der Waals surface area contributed by atoms with Crippen LogP contribution in [0.4, 0.5) is 0 Å². The Bertz CT molecular complexity index is 288. The monoisotopic (exact) mass is 249 g/mol. The van der Waals surface area contributed by atoms with Crippen LogP contribution in [0.15, 0.2) is 3.92 Å². The first kappa shape index (κ1) is 9.60. The van der Waals surface area contributed by atoms with E-state index < -0.39 is 0 Å². The zero-order valence-corrected chi connectivity index (χ0v) is 9.15. The van der Waals surface area contributed by atoms with Crippen LogP contribution in [0.5, 0.6) is 0 Å². The van der Waals surface area contributed by atoms with Crippen molar-refractivity contribution in [3.05, 3.63) is 8.92 Å². The van der Waals surface area contributed by atoms with Crippen molar-refractivity contribution >= 4 is 33.2 Å². The molecule has 1 heterocycles. The van der Waals surface area contributed by atoms with Gasteiger partial charge in [-0.15, -0.1) is 10.2 Å². The van der Waals surface area contributed by atoms with Gasteiger partial charge in [0.05, 0.1) is 6.54 Å². The summed E-state index contributed by atoms with van der Waals surface area (Å²) >= 11 is 4.63. The fraction of sp³-hybridized carbons (Fsp3) is 0.500. The maximum absolute atomic E-state index is 10.8. The van der Waals surface area contributed by atoms with E-state index in [4.69, 9.17) is 0 Å². The molecule has 0 fully saturated rings. The van der Waals surface area contributed by atoms with Gasteiger partial charge in [0.2, 0.25) is 5.91 Å². The van der Waals surface area contributed by atoms with Gasteiger partial charge >= 0.3 is 0 Å². The standard InChI is InChI=1S/C6H8BrN3OS/c1-4(11)10(2)3-5-8-9-6(7)12-5/h3H2,1-2H3. The lowest BCUT2D eigenvalue weighted by molar-refractivity contribution is -0.128. The minimum Gasteiger partial charge on any atom is -0.339 e. The highest BCUT2D eigenvalue weighted by atomic mass is 79.9. The highest BCUT2D eigenvalue weighted by Crippen LogP contribution is 2.16. The van der Waals surface area contributed by atoms with Gasteiger partial charge in [-0.05, 0) is 15.9 Å². The number of halogens is 1. The topological polar surface area (TPSA) is 46.1 Å². The Hall–Kier alpha value is -0.490.